The van der Waals surface area contributed by atoms with Crippen molar-refractivity contribution < 1.29 is 4.74 Å². The van der Waals surface area contributed by atoms with Gasteiger partial charge in [0.25, 0.3) is 0 Å². The van der Waals surface area contributed by atoms with Gasteiger partial charge >= 0.3 is 0 Å². The van der Waals surface area contributed by atoms with E-state index >= 15 is 0 Å². The van der Waals surface area contributed by atoms with Gasteiger partial charge in [-0.05, 0) is 27.8 Å². The summed E-state index contributed by atoms with van der Waals surface area (Å²) in [6.07, 6.45) is 0. The molecule has 0 aliphatic rings. The van der Waals surface area contributed by atoms with Crippen LogP contribution in [0.4, 0.5) is 11.6 Å². The van der Waals surface area contributed by atoms with Crippen LogP contribution in [0.2, 0.25) is 0 Å². The molecule has 6 nitrogen and oxygen atoms in total. The minimum Gasteiger partial charge on any atom is -0.377 e. The Balaban J connectivity index is 2.63. The molecule has 0 aromatic carbocycles. The molecule has 1 aromatic heterocycles. The van der Waals surface area contributed by atoms with Crippen LogP contribution in [0.15, 0.2) is 6.07 Å². The quantitative estimate of drug-likeness (QED) is 0.720. The SMILES string of the molecule is CCNc1cc(NCCN(C)C(C)C)nc(COC)n1. The highest BCUT2D eigenvalue weighted by Crippen LogP contribution is 2.11. The van der Waals surface area contributed by atoms with Crippen LogP contribution in [0.5, 0.6) is 0 Å². The summed E-state index contributed by atoms with van der Waals surface area (Å²) in [5.74, 6) is 2.35. The zero-order chi connectivity index (χ0) is 15.0. The Morgan fingerprint density at radius 2 is 1.90 bits per heavy atom. The molecule has 0 bridgehead atoms. The number of hydrogen-bond acceptors (Lipinski definition) is 6. The van der Waals surface area contributed by atoms with Crippen LogP contribution in [0.1, 0.15) is 26.6 Å². The molecular formula is C14H27N5O. The van der Waals surface area contributed by atoms with Gasteiger partial charge in [-0.25, -0.2) is 9.97 Å². The molecular weight excluding hydrogens is 254 g/mol. The van der Waals surface area contributed by atoms with Gasteiger partial charge in [0.15, 0.2) is 5.82 Å². The fraction of sp³-hybridized carbons (Fsp3) is 0.714. The predicted molar refractivity (Wildman–Crippen MR) is 83.2 cm³/mol. The number of nitrogens with one attached hydrogen (secondary N) is 2. The lowest BCUT2D eigenvalue weighted by molar-refractivity contribution is 0.178. The van der Waals surface area contributed by atoms with E-state index in [9.17, 15) is 0 Å². The van der Waals surface area contributed by atoms with E-state index in [1.807, 2.05) is 13.0 Å². The summed E-state index contributed by atoms with van der Waals surface area (Å²) in [5.41, 5.74) is 0. The average molecular weight is 281 g/mol. The molecule has 0 unspecified atom stereocenters. The van der Waals surface area contributed by atoms with Crippen LogP contribution in [0, 0.1) is 0 Å². The van der Waals surface area contributed by atoms with Crippen LogP contribution in [-0.2, 0) is 11.3 Å². The summed E-state index contributed by atoms with van der Waals surface area (Å²) in [4.78, 5) is 11.1. The van der Waals surface area contributed by atoms with Gasteiger partial charge in [0.05, 0.1) is 0 Å². The first-order valence-corrected chi connectivity index (χ1v) is 7.11. The minimum absolute atomic E-state index is 0.416. The van der Waals surface area contributed by atoms with Gasteiger partial charge in [-0.1, -0.05) is 0 Å². The third kappa shape index (κ3) is 5.71. The number of aromatic nitrogens is 2. The normalized spacial score (nSPS) is 11.2. The topological polar surface area (TPSA) is 62.3 Å². The summed E-state index contributed by atoms with van der Waals surface area (Å²) in [6.45, 7) is 9.48. The summed E-state index contributed by atoms with van der Waals surface area (Å²) in [7, 11) is 3.76. The largest absolute Gasteiger partial charge is 0.377 e. The Hall–Kier alpha value is -1.40. The Bertz CT molecular complexity index is 373. The molecule has 0 atom stereocenters. The molecule has 0 radical (unpaired) electrons. The van der Waals surface area contributed by atoms with Crippen molar-refractivity contribution in [2.75, 3.05) is 44.4 Å². The van der Waals surface area contributed by atoms with Crippen LogP contribution in [0.3, 0.4) is 0 Å². The molecule has 0 aliphatic carbocycles. The van der Waals surface area contributed by atoms with Crippen LogP contribution < -0.4 is 10.6 Å². The van der Waals surface area contributed by atoms with Crippen LogP contribution >= 0.6 is 0 Å². The summed E-state index contributed by atoms with van der Waals surface area (Å²) in [6, 6.07) is 2.47. The number of likely N-dealkylation sites (N-methyl/N-ethyl adjacent to an activating group) is 1. The van der Waals surface area contributed by atoms with Gasteiger partial charge in [0.1, 0.15) is 18.2 Å². The van der Waals surface area contributed by atoms with E-state index in [1.165, 1.54) is 0 Å². The standard InChI is InChI=1S/C14H27N5O/c1-6-15-12-9-13(18-14(17-12)10-20-5)16-7-8-19(4)11(2)3/h9,11H,6-8,10H2,1-5H3,(H2,15,16,17,18). The Morgan fingerprint density at radius 3 is 2.45 bits per heavy atom. The number of ether oxygens (including phenoxy) is 1. The Labute approximate surface area is 121 Å². The van der Waals surface area contributed by atoms with Crippen molar-refractivity contribution in [1.82, 2.24) is 14.9 Å². The second kappa shape index (κ2) is 8.71. The zero-order valence-corrected chi connectivity index (χ0v) is 13.2. The highest BCUT2D eigenvalue weighted by Gasteiger charge is 2.06. The van der Waals surface area contributed by atoms with E-state index in [0.717, 1.165) is 31.3 Å². The monoisotopic (exact) mass is 281 g/mol. The maximum atomic E-state index is 5.10. The fourth-order valence-corrected chi connectivity index (χ4v) is 1.67. The van der Waals surface area contributed by atoms with Gasteiger partial charge in [-0.2, -0.15) is 0 Å². The predicted octanol–water partition coefficient (Wildman–Crippen LogP) is 1.81. The molecule has 1 aromatic rings. The molecule has 114 valence electrons. The number of nitrogens with zero attached hydrogens (tertiary/aromatic N) is 3. The number of methoxy groups -OCH3 is 1. The lowest BCUT2D eigenvalue weighted by Gasteiger charge is -2.21. The molecule has 1 rings (SSSR count). The van der Waals surface area contributed by atoms with Crippen molar-refractivity contribution in [1.29, 1.82) is 0 Å². The summed E-state index contributed by atoms with van der Waals surface area (Å²) < 4.78 is 5.10. The van der Waals surface area contributed by atoms with E-state index in [0.29, 0.717) is 18.5 Å². The van der Waals surface area contributed by atoms with Crippen LogP contribution in [0.25, 0.3) is 0 Å². The average Bonchev–Trinajstić information content (AvgIpc) is 2.39. The maximum Gasteiger partial charge on any atom is 0.158 e. The molecule has 0 saturated heterocycles. The summed E-state index contributed by atoms with van der Waals surface area (Å²) in [5, 5.41) is 6.55. The molecule has 20 heavy (non-hydrogen) atoms. The second-order valence-corrected chi connectivity index (χ2v) is 5.02. The molecule has 0 fully saturated rings. The fourth-order valence-electron chi connectivity index (χ4n) is 1.67. The summed E-state index contributed by atoms with van der Waals surface area (Å²) >= 11 is 0. The maximum absolute atomic E-state index is 5.10. The first kappa shape index (κ1) is 16.7. The number of anilines is 2. The smallest absolute Gasteiger partial charge is 0.158 e. The minimum atomic E-state index is 0.416. The number of hydrogen-bond donors (Lipinski definition) is 2. The van der Waals surface area contributed by atoms with Crippen molar-refractivity contribution in [3.8, 4) is 0 Å². The van der Waals surface area contributed by atoms with E-state index in [4.69, 9.17) is 4.74 Å². The Morgan fingerprint density at radius 1 is 1.25 bits per heavy atom. The first-order valence-electron chi connectivity index (χ1n) is 7.11. The molecule has 6 heteroatoms. The lowest BCUT2D eigenvalue weighted by Crippen LogP contribution is -2.31. The van der Waals surface area contributed by atoms with Gasteiger partial charge < -0.3 is 20.3 Å². The highest BCUT2D eigenvalue weighted by atomic mass is 16.5. The molecule has 1 heterocycles. The van der Waals surface area contributed by atoms with E-state index in [1.54, 1.807) is 7.11 Å². The third-order valence-corrected chi connectivity index (χ3v) is 3.06. The third-order valence-electron chi connectivity index (χ3n) is 3.06. The van der Waals surface area contributed by atoms with E-state index in [2.05, 4.69) is 46.4 Å². The van der Waals surface area contributed by atoms with Crippen molar-refractivity contribution in [3.05, 3.63) is 11.9 Å². The zero-order valence-electron chi connectivity index (χ0n) is 13.2. The highest BCUT2D eigenvalue weighted by molar-refractivity contribution is 5.47. The number of rotatable bonds is 9. The molecule has 0 aliphatic heterocycles. The molecule has 0 amide bonds. The van der Waals surface area contributed by atoms with Crippen molar-refractivity contribution in [2.45, 2.75) is 33.4 Å². The van der Waals surface area contributed by atoms with Gasteiger partial charge in [0, 0.05) is 38.9 Å². The molecule has 0 saturated carbocycles. The van der Waals surface area contributed by atoms with E-state index < -0.39 is 0 Å². The Kier molecular flexibility index (Phi) is 7.25. The molecule has 2 N–H and O–H groups in total. The van der Waals surface area contributed by atoms with Gasteiger partial charge in [0.2, 0.25) is 0 Å². The molecule has 0 spiro atoms. The van der Waals surface area contributed by atoms with Crippen LogP contribution in [-0.4, -0.2) is 54.7 Å². The van der Waals surface area contributed by atoms with E-state index in [-0.39, 0.29) is 0 Å². The van der Waals surface area contributed by atoms with Crippen molar-refractivity contribution in [3.63, 3.8) is 0 Å². The first-order chi connectivity index (χ1) is 9.56. The lowest BCUT2D eigenvalue weighted by atomic mass is 10.3. The van der Waals surface area contributed by atoms with Gasteiger partial charge in [-0.3, -0.25) is 0 Å². The van der Waals surface area contributed by atoms with Crippen molar-refractivity contribution >= 4 is 11.6 Å². The van der Waals surface area contributed by atoms with Crippen molar-refractivity contribution in [2.24, 2.45) is 0 Å². The second-order valence-electron chi connectivity index (χ2n) is 5.02. The van der Waals surface area contributed by atoms with Gasteiger partial charge in [-0.15, -0.1) is 0 Å².